The van der Waals surface area contributed by atoms with Crippen molar-refractivity contribution in [1.82, 2.24) is 9.88 Å². The molecule has 11 heteroatoms. The number of nitrogens with one attached hydrogen (secondary N) is 2. The lowest BCUT2D eigenvalue weighted by atomic mass is 10.0. The predicted molar refractivity (Wildman–Crippen MR) is 152 cm³/mol. The third-order valence-corrected chi connectivity index (χ3v) is 9.71. The zero-order valence-electron chi connectivity index (χ0n) is 21.3. The van der Waals surface area contributed by atoms with Gasteiger partial charge in [-0.15, -0.1) is 0 Å². The molecule has 1 saturated heterocycles. The molecule has 1 aromatic heterocycles. The average molecular weight is 589 g/mol. The number of halogens is 2. The highest BCUT2D eigenvalue weighted by Crippen LogP contribution is 2.37. The van der Waals surface area contributed by atoms with Crippen molar-refractivity contribution in [3.63, 3.8) is 0 Å². The van der Waals surface area contributed by atoms with Crippen molar-refractivity contribution in [2.24, 2.45) is 0 Å². The number of hydrogen-bond donors (Lipinski definition) is 3. The smallest absolute Gasteiger partial charge is 0.256 e. The van der Waals surface area contributed by atoms with Gasteiger partial charge in [-0.25, -0.2) is 8.42 Å². The summed E-state index contributed by atoms with van der Waals surface area (Å²) in [6.45, 7) is 4.08. The van der Waals surface area contributed by atoms with Crippen molar-refractivity contribution >= 4 is 62.2 Å². The minimum Gasteiger partial charge on any atom is -0.394 e. The Morgan fingerprint density at radius 2 is 1.90 bits per heavy atom. The Kier molecular flexibility index (Phi) is 7.37. The van der Waals surface area contributed by atoms with Gasteiger partial charge in [-0.2, -0.15) is 0 Å². The van der Waals surface area contributed by atoms with Gasteiger partial charge >= 0.3 is 0 Å². The SMILES string of the molecule is Cc1[nH]c(C=C2C(=O)Nc3ccc(S(=O)(=O)Cc4c(Cl)cccc4Cl)cc32)c(C)c1C(=O)N1CCC[C@H]1CO. The van der Waals surface area contributed by atoms with Crippen molar-refractivity contribution in [1.29, 1.82) is 0 Å². The summed E-state index contributed by atoms with van der Waals surface area (Å²) in [5.41, 5.74) is 3.91. The van der Waals surface area contributed by atoms with Crippen molar-refractivity contribution < 1.29 is 23.1 Å². The number of anilines is 1. The number of aliphatic hydroxyl groups is 1. The van der Waals surface area contributed by atoms with Crippen LogP contribution >= 0.6 is 23.2 Å². The van der Waals surface area contributed by atoms with Gasteiger partial charge in [0.1, 0.15) is 0 Å². The van der Waals surface area contributed by atoms with Gasteiger partial charge in [-0.05, 0) is 68.7 Å². The highest BCUT2D eigenvalue weighted by molar-refractivity contribution is 7.90. The first-order chi connectivity index (χ1) is 18.5. The van der Waals surface area contributed by atoms with Crippen LogP contribution in [0.3, 0.4) is 0 Å². The Hall–Kier alpha value is -3.11. The zero-order chi connectivity index (χ0) is 28.1. The van der Waals surface area contributed by atoms with Crippen LogP contribution in [0, 0.1) is 13.8 Å². The first-order valence-corrected chi connectivity index (χ1v) is 14.9. The molecule has 0 saturated carbocycles. The summed E-state index contributed by atoms with van der Waals surface area (Å²) in [7, 11) is -3.85. The lowest BCUT2D eigenvalue weighted by Crippen LogP contribution is -2.38. The molecule has 39 heavy (non-hydrogen) atoms. The zero-order valence-corrected chi connectivity index (χ0v) is 23.7. The van der Waals surface area contributed by atoms with Crippen LogP contribution in [0.5, 0.6) is 0 Å². The fourth-order valence-corrected chi connectivity index (χ4v) is 7.39. The van der Waals surface area contributed by atoms with Gasteiger partial charge in [0.05, 0.1) is 34.4 Å². The van der Waals surface area contributed by atoms with E-state index in [4.69, 9.17) is 23.2 Å². The van der Waals surface area contributed by atoms with E-state index in [0.717, 1.165) is 12.8 Å². The molecule has 8 nitrogen and oxygen atoms in total. The second-order valence-corrected chi connectivity index (χ2v) is 12.6. The number of nitrogens with zero attached hydrogens (tertiary/aromatic N) is 1. The summed E-state index contributed by atoms with van der Waals surface area (Å²) in [5, 5.41) is 13.0. The molecule has 3 N–H and O–H groups in total. The lowest BCUT2D eigenvalue weighted by Gasteiger charge is -2.23. The molecule has 2 aliphatic rings. The number of aromatic amines is 1. The number of sulfone groups is 1. The Bertz CT molecular complexity index is 1620. The predicted octanol–water partition coefficient (Wildman–Crippen LogP) is 5.00. The van der Waals surface area contributed by atoms with Crippen LogP contribution < -0.4 is 5.32 Å². The van der Waals surface area contributed by atoms with Gasteiger partial charge in [0.25, 0.3) is 11.8 Å². The van der Waals surface area contributed by atoms with E-state index in [2.05, 4.69) is 10.3 Å². The maximum Gasteiger partial charge on any atom is 0.256 e. The maximum atomic E-state index is 13.3. The number of carbonyl (C=O) groups is 2. The van der Waals surface area contributed by atoms with E-state index in [9.17, 15) is 23.1 Å². The molecular weight excluding hydrogens is 561 g/mol. The third-order valence-electron chi connectivity index (χ3n) is 7.36. The van der Waals surface area contributed by atoms with E-state index in [1.807, 2.05) is 0 Å². The Labute approximate surface area is 236 Å². The molecule has 2 aliphatic heterocycles. The summed E-state index contributed by atoms with van der Waals surface area (Å²) in [4.78, 5) is 31.2. The molecular formula is C28H27Cl2N3O5S. The molecule has 2 aromatic carbocycles. The first kappa shape index (κ1) is 27.5. The molecule has 0 radical (unpaired) electrons. The van der Waals surface area contributed by atoms with E-state index >= 15 is 0 Å². The normalized spacial score (nSPS) is 18.1. The Morgan fingerprint density at radius 3 is 2.59 bits per heavy atom. The summed E-state index contributed by atoms with van der Waals surface area (Å²) < 4.78 is 26.6. The van der Waals surface area contributed by atoms with Crippen LogP contribution in [0.25, 0.3) is 11.6 Å². The second-order valence-electron chi connectivity index (χ2n) is 9.82. The van der Waals surface area contributed by atoms with E-state index in [0.29, 0.717) is 45.9 Å². The van der Waals surface area contributed by atoms with Crippen LogP contribution in [0.4, 0.5) is 5.69 Å². The summed E-state index contributed by atoms with van der Waals surface area (Å²) in [6, 6.07) is 9.06. The number of carbonyl (C=O) groups excluding carboxylic acids is 2. The van der Waals surface area contributed by atoms with Crippen LogP contribution in [0.1, 0.15) is 51.3 Å². The number of benzene rings is 2. The Balaban J connectivity index is 1.50. The average Bonchev–Trinajstić information content (AvgIpc) is 3.57. The molecule has 0 aliphatic carbocycles. The maximum absolute atomic E-state index is 13.3. The molecule has 0 bridgehead atoms. The van der Waals surface area contributed by atoms with Gasteiger partial charge in [-0.3, -0.25) is 9.59 Å². The standard InChI is InChI=1S/C28H27Cl2N3O5S/c1-15-25(31-16(2)26(15)28(36)33-10-4-5-17(33)13-34)12-20-19-11-18(8-9-24(19)32-27(20)35)39(37,38)14-21-22(29)6-3-7-23(21)30/h3,6-9,11-12,17,31,34H,4-5,10,13-14H2,1-2H3,(H,32,35)/t17-/m0/s1. The van der Waals surface area contributed by atoms with E-state index in [1.165, 1.54) is 12.1 Å². The second kappa shape index (κ2) is 10.5. The van der Waals surface area contributed by atoms with E-state index in [1.54, 1.807) is 49.1 Å². The number of aryl methyl sites for hydroxylation is 1. The van der Waals surface area contributed by atoms with Crippen LogP contribution in [0.2, 0.25) is 10.0 Å². The van der Waals surface area contributed by atoms with E-state index in [-0.39, 0.29) is 45.0 Å². The monoisotopic (exact) mass is 587 g/mol. The van der Waals surface area contributed by atoms with Crippen molar-refractivity contribution in [3.8, 4) is 0 Å². The van der Waals surface area contributed by atoms with Crippen molar-refractivity contribution in [2.45, 2.75) is 43.4 Å². The Morgan fingerprint density at radius 1 is 1.18 bits per heavy atom. The topological polar surface area (TPSA) is 120 Å². The summed E-state index contributed by atoms with van der Waals surface area (Å²) >= 11 is 12.4. The number of likely N-dealkylation sites (tertiary alicyclic amines) is 1. The van der Waals surface area contributed by atoms with Gasteiger partial charge in [-0.1, -0.05) is 29.3 Å². The van der Waals surface area contributed by atoms with Gasteiger partial charge in [0, 0.05) is 44.8 Å². The number of aromatic nitrogens is 1. The number of H-pyrrole nitrogens is 1. The molecule has 5 rings (SSSR count). The van der Waals surface area contributed by atoms with Gasteiger partial charge in [0.2, 0.25) is 0 Å². The van der Waals surface area contributed by atoms with Crippen LogP contribution in [0.15, 0.2) is 41.3 Å². The number of hydrogen-bond acceptors (Lipinski definition) is 5. The first-order valence-electron chi connectivity index (χ1n) is 12.5. The number of fused-ring (bicyclic) bond motifs is 1. The molecule has 2 amide bonds. The molecule has 0 spiro atoms. The molecule has 3 aromatic rings. The molecule has 3 heterocycles. The number of amides is 2. The van der Waals surface area contributed by atoms with Crippen LogP contribution in [-0.4, -0.2) is 54.4 Å². The molecule has 1 fully saturated rings. The minimum absolute atomic E-state index is 0.0268. The van der Waals surface area contributed by atoms with E-state index < -0.39 is 15.6 Å². The number of aliphatic hydroxyl groups excluding tert-OH is 1. The number of rotatable bonds is 6. The quantitative estimate of drug-likeness (QED) is 0.350. The highest BCUT2D eigenvalue weighted by atomic mass is 35.5. The van der Waals surface area contributed by atoms with Gasteiger partial charge < -0.3 is 20.3 Å². The summed E-state index contributed by atoms with van der Waals surface area (Å²) in [5.74, 6) is -0.936. The minimum atomic E-state index is -3.85. The third kappa shape index (κ3) is 5.00. The largest absolute Gasteiger partial charge is 0.394 e. The molecule has 0 unspecified atom stereocenters. The fraction of sp³-hybridized carbons (Fsp3) is 0.286. The molecule has 1 atom stereocenters. The van der Waals surface area contributed by atoms with Gasteiger partial charge in [0.15, 0.2) is 9.84 Å². The van der Waals surface area contributed by atoms with Crippen LogP contribution in [-0.2, 0) is 20.4 Å². The van der Waals surface area contributed by atoms with Crippen molar-refractivity contribution in [2.75, 3.05) is 18.5 Å². The highest BCUT2D eigenvalue weighted by Gasteiger charge is 2.32. The van der Waals surface area contributed by atoms with Crippen molar-refractivity contribution in [3.05, 3.63) is 80.1 Å². The fourth-order valence-electron chi connectivity index (χ4n) is 5.27. The molecule has 204 valence electrons. The lowest BCUT2D eigenvalue weighted by molar-refractivity contribution is -0.110. The summed E-state index contributed by atoms with van der Waals surface area (Å²) in [6.07, 6.45) is 3.23.